The van der Waals surface area contributed by atoms with E-state index in [0.29, 0.717) is 23.5 Å². The average molecular weight is 379 g/mol. The molecule has 2 heterocycles. The highest BCUT2D eigenvalue weighted by Gasteiger charge is 2.26. The van der Waals surface area contributed by atoms with Crippen LogP contribution in [-0.4, -0.2) is 38.0 Å². The maximum atomic E-state index is 12.7. The Hall–Kier alpha value is -3.29. The Kier molecular flexibility index (Phi) is 4.77. The number of H-pyrrole nitrogens is 1. The van der Waals surface area contributed by atoms with Gasteiger partial charge in [0.15, 0.2) is 5.82 Å². The third kappa shape index (κ3) is 3.58. The number of amides is 1. The monoisotopic (exact) mass is 379 g/mol. The Bertz CT molecular complexity index is 1070. The van der Waals surface area contributed by atoms with E-state index in [9.17, 15) is 9.59 Å². The number of carbonyl (C=O) groups excluding carboxylic acids is 1. The highest BCUT2D eigenvalue weighted by Crippen LogP contribution is 2.35. The molecule has 0 unspecified atom stereocenters. The van der Waals surface area contributed by atoms with E-state index in [1.807, 2.05) is 31.2 Å². The van der Waals surface area contributed by atoms with Gasteiger partial charge in [0.2, 0.25) is 5.89 Å². The second-order valence-corrected chi connectivity index (χ2v) is 7.18. The second-order valence-electron chi connectivity index (χ2n) is 7.18. The minimum atomic E-state index is -0.480. The SMILES string of the molecule is Cc1cccc(-c2ncc(C(=O)N(C)Cc3noc(C4CCC4)n3)c(=O)[nH]2)c1. The Morgan fingerprint density at radius 1 is 1.36 bits per heavy atom. The van der Waals surface area contributed by atoms with Gasteiger partial charge < -0.3 is 14.4 Å². The maximum Gasteiger partial charge on any atom is 0.264 e. The summed E-state index contributed by atoms with van der Waals surface area (Å²) in [6.45, 7) is 2.12. The fourth-order valence-corrected chi connectivity index (χ4v) is 3.13. The summed E-state index contributed by atoms with van der Waals surface area (Å²) in [4.78, 5) is 37.8. The number of rotatable bonds is 5. The summed E-state index contributed by atoms with van der Waals surface area (Å²) in [5.74, 6) is 1.38. The molecule has 8 nitrogen and oxygen atoms in total. The summed E-state index contributed by atoms with van der Waals surface area (Å²) in [7, 11) is 1.59. The fraction of sp³-hybridized carbons (Fsp3) is 0.350. The molecule has 144 valence electrons. The van der Waals surface area contributed by atoms with Crippen LogP contribution in [0.3, 0.4) is 0 Å². The lowest BCUT2D eigenvalue weighted by Crippen LogP contribution is -2.32. The second kappa shape index (κ2) is 7.38. The molecule has 0 atom stereocenters. The molecule has 2 aromatic heterocycles. The zero-order valence-electron chi connectivity index (χ0n) is 15.8. The molecule has 8 heteroatoms. The number of aromatic nitrogens is 4. The third-order valence-corrected chi connectivity index (χ3v) is 4.98. The van der Waals surface area contributed by atoms with Crippen molar-refractivity contribution in [1.82, 2.24) is 25.0 Å². The van der Waals surface area contributed by atoms with E-state index in [1.54, 1.807) is 7.05 Å². The molecule has 1 aromatic carbocycles. The van der Waals surface area contributed by atoms with Crippen molar-refractivity contribution in [2.45, 2.75) is 38.6 Å². The van der Waals surface area contributed by atoms with Crippen molar-refractivity contribution in [2.24, 2.45) is 0 Å². The number of nitrogens with one attached hydrogen (secondary N) is 1. The molecule has 0 bridgehead atoms. The molecule has 1 aliphatic carbocycles. The molecule has 1 fully saturated rings. The van der Waals surface area contributed by atoms with E-state index in [2.05, 4.69) is 20.1 Å². The van der Waals surface area contributed by atoms with Crippen LogP contribution in [0.15, 0.2) is 39.8 Å². The van der Waals surface area contributed by atoms with Crippen molar-refractivity contribution < 1.29 is 9.32 Å². The first kappa shape index (κ1) is 18.1. The first-order valence-corrected chi connectivity index (χ1v) is 9.25. The number of hydrogen-bond acceptors (Lipinski definition) is 6. The van der Waals surface area contributed by atoms with Crippen LogP contribution in [0.25, 0.3) is 11.4 Å². The maximum absolute atomic E-state index is 12.7. The van der Waals surface area contributed by atoms with E-state index in [4.69, 9.17) is 4.52 Å². The first-order chi connectivity index (χ1) is 13.5. The average Bonchev–Trinajstić information content (AvgIpc) is 3.07. The van der Waals surface area contributed by atoms with Crippen molar-refractivity contribution in [3.63, 3.8) is 0 Å². The Morgan fingerprint density at radius 2 is 2.18 bits per heavy atom. The largest absolute Gasteiger partial charge is 0.339 e. The Morgan fingerprint density at radius 3 is 2.86 bits per heavy atom. The summed E-state index contributed by atoms with van der Waals surface area (Å²) in [5.41, 5.74) is 1.34. The summed E-state index contributed by atoms with van der Waals surface area (Å²) in [5, 5.41) is 3.94. The minimum absolute atomic E-state index is 0.0263. The van der Waals surface area contributed by atoms with Crippen LogP contribution in [0.5, 0.6) is 0 Å². The molecular weight excluding hydrogens is 358 g/mol. The molecule has 1 amide bonds. The topological polar surface area (TPSA) is 105 Å². The lowest BCUT2D eigenvalue weighted by Gasteiger charge is -2.20. The Balaban J connectivity index is 1.49. The highest BCUT2D eigenvalue weighted by atomic mass is 16.5. The van der Waals surface area contributed by atoms with Gasteiger partial charge in [0.1, 0.15) is 11.4 Å². The molecule has 0 saturated heterocycles. The predicted octanol–water partition coefficient (Wildman–Crippen LogP) is 2.67. The van der Waals surface area contributed by atoms with Crippen LogP contribution in [0, 0.1) is 6.92 Å². The van der Waals surface area contributed by atoms with Gasteiger partial charge in [-0.15, -0.1) is 0 Å². The summed E-state index contributed by atoms with van der Waals surface area (Å²) < 4.78 is 5.27. The normalized spacial score (nSPS) is 13.9. The molecule has 0 spiro atoms. The minimum Gasteiger partial charge on any atom is -0.339 e. The van der Waals surface area contributed by atoms with Gasteiger partial charge in [0.05, 0.1) is 6.54 Å². The molecule has 4 rings (SSSR count). The lowest BCUT2D eigenvalue weighted by molar-refractivity contribution is 0.0778. The molecule has 28 heavy (non-hydrogen) atoms. The van der Waals surface area contributed by atoms with Gasteiger partial charge in [-0.1, -0.05) is 35.3 Å². The molecule has 1 N–H and O–H groups in total. The summed E-state index contributed by atoms with van der Waals surface area (Å²) in [6.07, 6.45) is 4.61. The number of benzene rings is 1. The fourth-order valence-electron chi connectivity index (χ4n) is 3.13. The summed E-state index contributed by atoms with van der Waals surface area (Å²) in [6, 6.07) is 7.62. The predicted molar refractivity (Wildman–Crippen MR) is 102 cm³/mol. The molecule has 0 aliphatic heterocycles. The van der Waals surface area contributed by atoms with Gasteiger partial charge in [-0.05, 0) is 25.8 Å². The molecule has 1 saturated carbocycles. The van der Waals surface area contributed by atoms with Crippen LogP contribution >= 0.6 is 0 Å². The number of hydrogen-bond donors (Lipinski definition) is 1. The number of nitrogens with zero attached hydrogens (tertiary/aromatic N) is 4. The molecule has 3 aromatic rings. The van der Waals surface area contributed by atoms with E-state index >= 15 is 0 Å². The van der Waals surface area contributed by atoms with E-state index in [-0.39, 0.29) is 12.1 Å². The van der Waals surface area contributed by atoms with E-state index < -0.39 is 11.5 Å². The van der Waals surface area contributed by atoms with Gasteiger partial charge >= 0.3 is 0 Å². The lowest BCUT2D eigenvalue weighted by atomic mass is 9.85. The standard InChI is InChI=1S/C20H21N5O3/c1-12-5-3-8-14(9-12)17-21-10-15(18(26)23-17)20(27)25(2)11-16-22-19(28-24-16)13-6-4-7-13/h3,5,8-10,13H,4,6-7,11H2,1-2H3,(H,21,23,26). The first-order valence-electron chi connectivity index (χ1n) is 9.25. The van der Waals surface area contributed by atoms with Gasteiger partial charge in [-0.2, -0.15) is 4.98 Å². The van der Waals surface area contributed by atoms with Crippen LogP contribution in [0.1, 0.15) is 52.8 Å². The van der Waals surface area contributed by atoms with Crippen LogP contribution in [0.4, 0.5) is 0 Å². The third-order valence-electron chi connectivity index (χ3n) is 4.98. The van der Waals surface area contributed by atoms with Gasteiger partial charge in [-0.25, -0.2) is 4.98 Å². The Labute approximate surface area is 161 Å². The van der Waals surface area contributed by atoms with Crippen molar-refractivity contribution in [2.75, 3.05) is 7.05 Å². The van der Waals surface area contributed by atoms with Crippen molar-refractivity contribution in [1.29, 1.82) is 0 Å². The number of aromatic amines is 1. The van der Waals surface area contributed by atoms with Crippen LogP contribution < -0.4 is 5.56 Å². The van der Waals surface area contributed by atoms with Gasteiger partial charge in [0, 0.05) is 24.7 Å². The molecular formula is C20H21N5O3. The van der Waals surface area contributed by atoms with E-state index in [1.165, 1.54) is 17.5 Å². The van der Waals surface area contributed by atoms with E-state index in [0.717, 1.165) is 24.0 Å². The molecule has 0 radical (unpaired) electrons. The highest BCUT2D eigenvalue weighted by molar-refractivity contribution is 5.93. The van der Waals surface area contributed by atoms with Crippen molar-refractivity contribution in [3.8, 4) is 11.4 Å². The quantitative estimate of drug-likeness (QED) is 0.731. The van der Waals surface area contributed by atoms with Gasteiger partial charge in [0.25, 0.3) is 11.5 Å². The number of carbonyl (C=O) groups is 1. The smallest absolute Gasteiger partial charge is 0.264 e. The van der Waals surface area contributed by atoms with Crippen LogP contribution in [-0.2, 0) is 6.54 Å². The zero-order chi connectivity index (χ0) is 19.7. The van der Waals surface area contributed by atoms with Crippen molar-refractivity contribution >= 4 is 5.91 Å². The number of aryl methyl sites for hydroxylation is 1. The summed E-state index contributed by atoms with van der Waals surface area (Å²) >= 11 is 0. The van der Waals surface area contributed by atoms with Crippen molar-refractivity contribution in [3.05, 3.63) is 63.7 Å². The molecule has 1 aliphatic rings. The van der Waals surface area contributed by atoms with Crippen LogP contribution in [0.2, 0.25) is 0 Å². The van der Waals surface area contributed by atoms with Gasteiger partial charge in [-0.3, -0.25) is 9.59 Å². The zero-order valence-corrected chi connectivity index (χ0v) is 15.8.